The predicted molar refractivity (Wildman–Crippen MR) is 268 cm³/mol. The van der Waals surface area contributed by atoms with Gasteiger partial charge in [-0.2, -0.15) is 0 Å². The fourth-order valence-electron chi connectivity index (χ4n) is 12.4. The van der Waals surface area contributed by atoms with Crippen molar-refractivity contribution in [3.63, 3.8) is 0 Å². The number of esters is 2. The van der Waals surface area contributed by atoms with E-state index in [-0.39, 0.29) is 66.1 Å². The normalized spacial score (nSPS) is 21.2. The summed E-state index contributed by atoms with van der Waals surface area (Å²) in [5.41, 5.74) is 14.0. The summed E-state index contributed by atoms with van der Waals surface area (Å²) in [5.74, 6) is -4.19. The molecule has 3 aliphatic carbocycles. The van der Waals surface area contributed by atoms with Crippen LogP contribution in [0, 0.1) is 35.5 Å². The average molecular weight is 981 g/mol. The fraction of sp³-hybridized carbons (Fsp3) is 0.153. The molecule has 11 nitrogen and oxygen atoms in total. The number of hydrogen-bond donors (Lipinski definition) is 0. The van der Waals surface area contributed by atoms with Gasteiger partial charge in [-0.15, -0.1) is 22.1 Å². The summed E-state index contributed by atoms with van der Waals surface area (Å²) < 4.78 is 10.2. The molecule has 3 aliphatic heterocycles. The van der Waals surface area contributed by atoms with E-state index in [2.05, 4.69) is 48.5 Å². The number of aromatic nitrogens is 4. The molecule has 12 heteroatoms. The number of imide groups is 1. The van der Waals surface area contributed by atoms with Gasteiger partial charge in [0.25, 0.3) is 0 Å². The molecule has 1 saturated heterocycles. The first-order valence-corrected chi connectivity index (χ1v) is 23.4. The molecule has 3 aromatic heterocycles. The Kier molecular flexibility index (Phi) is 10.6. The average Bonchev–Trinajstić information content (AvgIpc) is 4.28. The quantitative estimate of drug-likeness (QED) is 0.0860. The molecule has 6 atom stereocenters. The Balaban J connectivity index is 0.00000517. The van der Waals surface area contributed by atoms with Crippen LogP contribution in [-0.4, -0.2) is 47.9 Å². The van der Waals surface area contributed by atoms with Crippen molar-refractivity contribution in [2.24, 2.45) is 35.5 Å². The minimum absolute atomic E-state index is 0. The Morgan fingerprint density at radius 3 is 1.11 bits per heavy atom. The number of fused-ring (bicyclic) bond motifs is 16. The van der Waals surface area contributed by atoms with Crippen LogP contribution in [0.4, 0.5) is 5.69 Å². The number of rotatable bonds is 7. The van der Waals surface area contributed by atoms with Crippen LogP contribution in [0.25, 0.3) is 90.9 Å². The molecule has 340 valence electrons. The maximum absolute atomic E-state index is 14.5. The van der Waals surface area contributed by atoms with Crippen molar-refractivity contribution >= 4 is 75.8 Å². The van der Waals surface area contributed by atoms with Crippen LogP contribution in [0.2, 0.25) is 0 Å². The summed E-state index contributed by atoms with van der Waals surface area (Å²) in [6.45, 7) is 0. The molecule has 0 unspecified atom stereocenters. The molecule has 4 aromatic carbocycles. The molecular formula is C59H41N5O6Zn. The van der Waals surface area contributed by atoms with Gasteiger partial charge in [0.1, 0.15) is 0 Å². The minimum atomic E-state index is -0.604. The summed E-state index contributed by atoms with van der Waals surface area (Å²) in [7, 11) is 2.55. The number of carbonyl (C=O) groups excluding carboxylic acids is 4. The summed E-state index contributed by atoms with van der Waals surface area (Å²) in [6, 6.07) is 46.1. The monoisotopic (exact) mass is 979 g/mol. The van der Waals surface area contributed by atoms with Crippen LogP contribution in [0.15, 0.2) is 151 Å². The first kappa shape index (κ1) is 44.2. The Hall–Kier alpha value is -8.08. The van der Waals surface area contributed by atoms with E-state index in [0.717, 1.165) is 78.1 Å². The molecule has 0 N–H and O–H groups in total. The molecule has 6 aliphatic rings. The molecule has 0 spiro atoms. The Morgan fingerprint density at radius 2 is 0.789 bits per heavy atom. The molecule has 2 amide bonds. The minimum Gasteiger partial charge on any atom is -0.657 e. The number of carbonyl (C=O) groups is 4. The van der Waals surface area contributed by atoms with Gasteiger partial charge in [-0.1, -0.05) is 127 Å². The second kappa shape index (κ2) is 17.1. The molecule has 71 heavy (non-hydrogen) atoms. The van der Waals surface area contributed by atoms with Gasteiger partial charge < -0.3 is 19.4 Å². The van der Waals surface area contributed by atoms with Crippen molar-refractivity contribution < 1.29 is 48.1 Å². The van der Waals surface area contributed by atoms with Crippen LogP contribution in [0.5, 0.6) is 0 Å². The summed E-state index contributed by atoms with van der Waals surface area (Å²) in [6.07, 6.45) is 8.69. The number of methoxy groups -OCH3 is 2. The number of benzene rings is 4. The van der Waals surface area contributed by atoms with Gasteiger partial charge in [-0.3, -0.25) is 14.5 Å². The van der Waals surface area contributed by atoms with Crippen LogP contribution < -0.4 is 14.9 Å². The molecule has 7 aromatic rings. The smallest absolute Gasteiger partial charge is 0.657 e. The maximum Gasteiger partial charge on any atom is 2.00 e. The van der Waals surface area contributed by atoms with Crippen molar-refractivity contribution in [1.29, 1.82) is 0 Å². The number of amides is 2. The third-order valence-corrected chi connectivity index (χ3v) is 15.2. The van der Waals surface area contributed by atoms with Crippen molar-refractivity contribution in [2.75, 3.05) is 19.1 Å². The number of hydrogen-bond acceptors (Lipinski definition) is 8. The topological polar surface area (TPSA) is 144 Å². The van der Waals surface area contributed by atoms with Crippen molar-refractivity contribution in [3.05, 3.63) is 173 Å². The van der Waals surface area contributed by atoms with Crippen molar-refractivity contribution in [3.8, 4) is 44.5 Å². The van der Waals surface area contributed by atoms with E-state index in [4.69, 9.17) is 29.4 Å². The van der Waals surface area contributed by atoms with Crippen molar-refractivity contribution in [1.82, 2.24) is 19.9 Å². The zero-order valence-corrected chi connectivity index (χ0v) is 41.6. The summed E-state index contributed by atoms with van der Waals surface area (Å²) >= 11 is 0. The number of nitrogens with zero attached hydrogens (tertiary/aromatic N) is 5. The third-order valence-electron chi connectivity index (χ3n) is 15.2. The summed E-state index contributed by atoms with van der Waals surface area (Å²) in [5, 5.41) is 0. The molecule has 6 heterocycles. The van der Waals surface area contributed by atoms with Crippen LogP contribution in [-0.2, 0) is 48.1 Å². The largest absolute Gasteiger partial charge is 2.00 e. The Morgan fingerprint density at radius 1 is 0.465 bits per heavy atom. The second-order valence-corrected chi connectivity index (χ2v) is 18.5. The molecule has 3 fully saturated rings. The van der Waals surface area contributed by atoms with E-state index in [0.29, 0.717) is 23.3 Å². The van der Waals surface area contributed by atoms with Gasteiger partial charge in [0, 0.05) is 11.8 Å². The fourth-order valence-corrected chi connectivity index (χ4v) is 12.4. The Bertz CT molecular complexity index is 3580. The molecule has 0 radical (unpaired) electrons. The summed E-state index contributed by atoms with van der Waals surface area (Å²) in [4.78, 5) is 77.6. The van der Waals surface area contributed by atoms with Gasteiger partial charge in [0.05, 0.1) is 65.7 Å². The molecule has 2 saturated carbocycles. The van der Waals surface area contributed by atoms with E-state index >= 15 is 0 Å². The second-order valence-electron chi connectivity index (χ2n) is 18.5. The number of ether oxygens (including phenoxy) is 2. The van der Waals surface area contributed by atoms with E-state index in [1.165, 1.54) is 19.1 Å². The molecule has 13 rings (SSSR count). The Labute approximate surface area is 420 Å². The van der Waals surface area contributed by atoms with Crippen molar-refractivity contribution in [2.45, 2.75) is 6.42 Å². The van der Waals surface area contributed by atoms with Gasteiger partial charge in [0.2, 0.25) is 11.8 Å². The standard InChI is InChI=1S/C59H41N5O6.Zn/c1-69-58(67)54-50-36-30-37(51(50)55(54)59(68)70-2)53-52(36)56(65)64(57(53)66)35-20-18-34(19-21-35)49-44-28-26-42(62-44)47(32-14-8-4-9-15-32)40-24-22-38(60-40)46(31-12-6-3-7-13-31)39-23-25-41(61-39)48(33-16-10-5-11-17-33)43-27-29-45(49)63-43;/h3-29,36-37,50-53H,30H2,1-2H3;/q-2;+2/t36-,37+,50+,51-,52-,53+;. The first-order valence-electron chi connectivity index (χ1n) is 23.4. The van der Waals surface area contributed by atoms with E-state index < -0.39 is 23.8 Å². The van der Waals surface area contributed by atoms with Crippen LogP contribution >= 0.6 is 0 Å². The molecular weight excluding hydrogens is 940 g/mol. The zero-order chi connectivity index (χ0) is 47.4. The van der Waals surface area contributed by atoms with Gasteiger partial charge in [-0.25, -0.2) is 19.6 Å². The zero-order valence-electron chi connectivity index (χ0n) is 38.7. The van der Waals surface area contributed by atoms with E-state index in [1.54, 1.807) is 12.1 Å². The van der Waals surface area contributed by atoms with Gasteiger partial charge in [-0.05, 0) is 99.2 Å². The van der Waals surface area contributed by atoms with Gasteiger partial charge >= 0.3 is 31.4 Å². The van der Waals surface area contributed by atoms with E-state index in [9.17, 15) is 19.2 Å². The SMILES string of the molecule is COC(=O)C1=C(C(=O)OC)[C@H]2[C@H]3C[C@@H]([C@@H]12)[C@@H]1C(=O)N(c2ccc(-c4c5nc(c(-c6ccccc6)c6ccc([n-]6)c(-c6ccccc6)c6nc(c(-c7ccccc7)c7ccc4[n-]7)C=C6)C=C5)cc2)C(=O)[C@H]31.[Zn+2]. The van der Waals surface area contributed by atoms with Crippen LogP contribution in [0.3, 0.4) is 0 Å². The maximum atomic E-state index is 14.5. The number of anilines is 1. The predicted octanol–water partition coefficient (Wildman–Crippen LogP) is 10.2. The first-order chi connectivity index (χ1) is 34.3. The molecule has 10 bridgehead atoms. The third kappa shape index (κ3) is 6.72. The van der Waals surface area contributed by atoms with E-state index in [1.807, 2.05) is 103 Å². The van der Waals surface area contributed by atoms with Crippen LogP contribution in [0.1, 0.15) is 29.2 Å². The van der Waals surface area contributed by atoms with Gasteiger partial charge in [0.15, 0.2) is 0 Å².